The van der Waals surface area contributed by atoms with Gasteiger partial charge in [0.05, 0.1) is 11.8 Å². The Morgan fingerprint density at radius 1 is 1.11 bits per heavy atom. The summed E-state index contributed by atoms with van der Waals surface area (Å²) < 4.78 is 10.7. The Kier molecular flexibility index (Phi) is 4.00. The number of para-hydroxylation sites is 1. The highest BCUT2D eigenvalue weighted by Crippen LogP contribution is 2.43. The van der Waals surface area contributed by atoms with Gasteiger partial charge in [0, 0.05) is 18.3 Å². The first-order chi connectivity index (χ1) is 13.6. The van der Waals surface area contributed by atoms with E-state index in [-0.39, 0.29) is 36.5 Å². The second kappa shape index (κ2) is 6.55. The zero-order chi connectivity index (χ0) is 19.3. The van der Waals surface area contributed by atoms with Crippen LogP contribution >= 0.6 is 0 Å². The monoisotopic (exact) mass is 378 g/mol. The maximum atomic E-state index is 13.0. The van der Waals surface area contributed by atoms with Crippen molar-refractivity contribution >= 4 is 17.5 Å². The highest BCUT2D eigenvalue weighted by atomic mass is 16.7. The van der Waals surface area contributed by atoms with Crippen LogP contribution in [-0.4, -0.2) is 24.6 Å². The number of ether oxygens (including phenoxy) is 2. The smallest absolute Gasteiger partial charge is 0.231 e. The number of rotatable bonds is 4. The van der Waals surface area contributed by atoms with E-state index in [2.05, 4.69) is 18.3 Å². The van der Waals surface area contributed by atoms with Crippen LogP contribution in [0.15, 0.2) is 42.5 Å². The Labute approximate surface area is 163 Å². The second-order valence-corrected chi connectivity index (χ2v) is 7.74. The number of anilines is 1. The van der Waals surface area contributed by atoms with Crippen molar-refractivity contribution in [2.75, 3.05) is 11.7 Å². The van der Waals surface area contributed by atoms with Crippen LogP contribution in [0.2, 0.25) is 0 Å². The molecular formula is C22H22N2O4. The van der Waals surface area contributed by atoms with Gasteiger partial charge in [0.2, 0.25) is 18.6 Å². The molecule has 1 N–H and O–H groups in total. The SMILES string of the molecule is CC1Cc2ccccc2N1C(=O)C1CC1C(=O)NCc1ccc2c(c1)OCO2. The third kappa shape index (κ3) is 2.89. The van der Waals surface area contributed by atoms with Crippen molar-refractivity contribution in [2.45, 2.75) is 32.4 Å². The number of amides is 2. The summed E-state index contributed by atoms with van der Waals surface area (Å²) in [7, 11) is 0. The van der Waals surface area contributed by atoms with Gasteiger partial charge in [-0.25, -0.2) is 0 Å². The van der Waals surface area contributed by atoms with Crippen molar-refractivity contribution in [3.63, 3.8) is 0 Å². The summed E-state index contributed by atoms with van der Waals surface area (Å²) in [4.78, 5) is 27.4. The highest BCUT2D eigenvalue weighted by Gasteiger charge is 2.51. The third-order valence-electron chi connectivity index (χ3n) is 5.79. The quantitative estimate of drug-likeness (QED) is 0.888. The van der Waals surface area contributed by atoms with E-state index in [9.17, 15) is 9.59 Å². The van der Waals surface area contributed by atoms with Crippen LogP contribution in [0, 0.1) is 11.8 Å². The fourth-order valence-corrected chi connectivity index (χ4v) is 4.21. The fourth-order valence-electron chi connectivity index (χ4n) is 4.21. The molecule has 1 fully saturated rings. The minimum Gasteiger partial charge on any atom is -0.454 e. The summed E-state index contributed by atoms with van der Waals surface area (Å²) in [6, 6.07) is 13.8. The predicted molar refractivity (Wildman–Crippen MR) is 103 cm³/mol. The van der Waals surface area contributed by atoms with Crippen LogP contribution in [0.3, 0.4) is 0 Å². The minimum absolute atomic E-state index is 0.0591. The summed E-state index contributed by atoms with van der Waals surface area (Å²) in [6.45, 7) is 2.71. The molecule has 0 radical (unpaired) electrons. The first-order valence-corrected chi connectivity index (χ1v) is 9.69. The Morgan fingerprint density at radius 3 is 2.82 bits per heavy atom. The van der Waals surface area contributed by atoms with Gasteiger partial charge in [-0.05, 0) is 49.1 Å². The van der Waals surface area contributed by atoms with Crippen LogP contribution in [0.1, 0.15) is 24.5 Å². The first-order valence-electron chi connectivity index (χ1n) is 9.69. The average Bonchev–Trinajstić information content (AvgIpc) is 3.24. The maximum Gasteiger partial charge on any atom is 0.231 e. The largest absolute Gasteiger partial charge is 0.454 e. The van der Waals surface area contributed by atoms with Gasteiger partial charge in [0.1, 0.15) is 0 Å². The summed E-state index contributed by atoms with van der Waals surface area (Å²) in [6.07, 6.45) is 1.49. The molecule has 2 aromatic carbocycles. The standard InChI is InChI=1S/C22H22N2O4/c1-13-8-15-4-2-3-5-18(15)24(13)22(26)17-10-16(17)21(25)23-11-14-6-7-19-20(9-14)28-12-27-19/h2-7,9,13,16-17H,8,10-12H2,1H3,(H,23,25). The Balaban J connectivity index is 1.20. The molecule has 6 nitrogen and oxygen atoms in total. The lowest BCUT2D eigenvalue weighted by atomic mass is 10.1. The normalized spacial score (nSPS) is 24.0. The third-order valence-corrected chi connectivity index (χ3v) is 5.79. The van der Waals surface area contributed by atoms with Gasteiger partial charge in [0.25, 0.3) is 0 Å². The molecule has 0 saturated heterocycles. The molecule has 0 bridgehead atoms. The lowest BCUT2D eigenvalue weighted by Crippen LogP contribution is -2.38. The van der Waals surface area contributed by atoms with E-state index in [0.29, 0.717) is 18.7 Å². The predicted octanol–water partition coefficient (Wildman–Crippen LogP) is 2.65. The summed E-state index contributed by atoms with van der Waals surface area (Å²) in [5.41, 5.74) is 3.14. The number of benzene rings is 2. The maximum absolute atomic E-state index is 13.0. The molecule has 0 aromatic heterocycles. The molecule has 1 aliphatic carbocycles. The number of hydrogen-bond donors (Lipinski definition) is 1. The molecule has 2 heterocycles. The highest BCUT2D eigenvalue weighted by molar-refractivity contribution is 6.02. The lowest BCUT2D eigenvalue weighted by Gasteiger charge is -2.23. The van der Waals surface area contributed by atoms with E-state index in [1.54, 1.807) is 0 Å². The van der Waals surface area contributed by atoms with Crippen molar-refractivity contribution in [3.05, 3.63) is 53.6 Å². The van der Waals surface area contributed by atoms with E-state index in [4.69, 9.17) is 9.47 Å². The molecule has 3 atom stereocenters. The van der Waals surface area contributed by atoms with Crippen LogP contribution in [0.4, 0.5) is 5.69 Å². The molecule has 2 aliphatic heterocycles. The number of carbonyl (C=O) groups is 2. The van der Waals surface area contributed by atoms with E-state index in [1.807, 2.05) is 41.3 Å². The molecule has 2 aromatic rings. The summed E-state index contributed by atoms with van der Waals surface area (Å²) in [5.74, 6) is 0.986. The molecule has 2 amide bonds. The molecule has 3 aliphatic rings. The van der Waals surface area contributed by atoms with Gasteiger partial charge < -0.3 is 19.7 Å². The van der Waals surface area contributed by atoms with E-state index < -0.39 is 0 Å². The number of hydrogen-bond acceptors (Lipinski definition) is 4. The molecule has 144 valence electrons. The van der Waals surface area contributed by atoms with Gasteiger partial charge in [-0.15, -0.1) is 0 Å². The molecule has 1 saturated carbocycles. The van der Waals surface area contributed by atoms with Gasteiger partial charge >= 0.3 is 0 Å². The summed E-state index contributed by atoms with van der Waals surface area (Å²) >= 11 is 0. The lowest BCUT2D eigenvalue weighted by molar-refractivity contribution is -0.126. The second-order valence-electron chi connectivity index (χ2n) is 7.74. The molecule has 6 heteroatoms. The van der Waals surface area contributed by atoms with Crippen molar-refractivity contribution in [1.82, 2.24) is 5.32 Å². The minimum atomic E-state index is -0.235. The Hall–Kier alpha value is -3.02. The van der Waals surface area contributed by atoms with Crippen LogP contribution in [0.25, 0.3) is 0 Å². The zero-order valence-corrected chi connectivity index (χ0v) is 15.7. The molecule has 5 rings (SSSR count). The number of nitrogens with one attached hydrogen (secondary N) is 1. The zero-order valence-electron chi connectivity index (χ0n) is 15.7. The number of carbonyl (C=O) groups excluding carboxylic acids is 2. The van der Waals surface area contributed by atoms with Crippen molar-refractivity contribution in [2.24, 2.45) is 11.8 Å². The first kappa shape index (κ1) is 17.1. The summed E-state index contributed by atoms with van der Waals surface area (Å²) in [5, 5.41) is 2.95. The van der Waals surface area contributed by atoms with Crippen molar-refractivity contribution in [3.8, 4) is 11.5 Å². The van der Waals surface area contributed by atoms with Gasteiger partial charge in [-0.1, -0.05) is 24.3 Å². The van der Waals surface area contributed by atoms with E-state index in [0.717, 1.165) is 23.4 Å². The molecule has 28 heavy (non-hydrogen) atoms. The molecule has 3 unspecified atom stereocenters. The fraction of sp³-hybridized carbons (Fsp3) is 0.364. The van der Waals surface area contributed by atoms with Gasteiger partial charge in [-0.3, -0.25) is 9.59 Å². The van der Waals surface area contributed by atoms with Crippen molar-refractivity contribution < 1.29 is 19.1 Å². The van der Waals surface area contributed by atoms with Crippen LogP contribution in [-0.2, 0) is 22.6 Å². The molecule has 0 spiro atoms. The average molecular weight is 378 g/mol. The number of nitrogens with zero attached hydrogens (tertiary/aromatic N) is 1. The van der Waals surface area contributed by atoms with E-state index >= 15 is 0 Å². The van der Waals surface area contributed by atoms with Crippen LogP contribution in [0.5, 0.6) is 11.5 Å². The van der Waals surface area contributed by atoms with Gasteiger partial charge in [0.15, 0.2) is 11.5 Å². The Morgan fingerprint density at radius 2 is 1.93 bits per heavy atom. The topological polar surface area (TPSA) is 67.9 Å². The van der Waals surface area contributed by atoms with E-state index in [1.165, 1.54) is 5.56 Å². The van der Waals surface area contributed by atoms with Gasteiger partial charge in [-0.2, -0.15) is 0 Å². The van der Waals surface area contributed by atoms with Crippen molar-refractivity contribution in [1.29, 1.82) is 0 Å². The number of fused-ring (bicyclic) bond motifs is 2. The Bertz CT molecular complexity index is 957. The van der Waals surface area contributed by atoms with Crippen LogP contribution < -0.4 is 19.7 Å². The molecular weight excluding hydrogens is 356 g/mol.